The molecule has 0 saturated carbocycles. The van der Waals surface area contributed by atoms with Gasteiger partial charge in [-0.15, -0.1) is 23.1 Å². The second kappa shape index (κ2) is 5.87. The van der Waals surface area contributed by atoms with E-state index >= 15 is 0 Å². The summed E-state index contributed by atoms with van der Waals surface area (Å²) in [5.41, 5.74) is 4.43. The van der Waals surface area contributed by atoms with Crippen LogP contribution in [0.2, 0.25) is 0 Å². The summed E-state index contributed by atoms with van der Waals surface area (Å²) in [6.45, 7) is 0.373. The summed E-state index contributed by atoms with van der Waals surface area (Å²) in [5.74, 6) is -0.200. The minimum Gasteiger partial charge on any atom is -0.457 e. The van der Waals surface area contributed by atoms with E-state index in [2.05, 4.69) is 42.7 Å². The minimum atomic E-state index is -0.200. The fourth-order valence-electron chi connectivity index (χ4n) is 2.83. The van der Waals surface area contributed by atoms with Crippen LogP contribution in [-0.2, 0) is 11.3 Å². The second-order valence-electron chi connectivity index (χ2n) is 5.28. The smallest absolute Gasteiger partial charge is 0.349 e. The van der Waals surface area contributed by atoms with Gasteiger partial charge in [-0.05, 0) is 29.5 Å². The summed E-state index contributed by atoms with van der Waals surface area (Å²) in [5, 5.41) is 0. The van der Waals surface area contributed by atoms with Gasteiger partial charge < -0.3 is 4.74 Å². The van der Waals surface area contributed by atoms with Crippen molar-refractivity contribution in [3.8, 4) is 21.6 Å². The maximum atomic E-state index is 12.0. The van der Waals surface area contributed by atoms with Crippen LogP contribution >= 0.6 is 23.1 Å². The topological polar surface area (TPSA) is 26.3 Å². The average molecular weight is 338 g/mol. The quantitative estimate of drug-likeness (QED) is 0.467. The zero-order valence-corrected chi connectivity index (χ0v) is 14.2. The van der Waals surface area contributed by atoms with E-state index in [-0.39, 0.29) is 5.97 Å². The fraction of sp³-hybridized carbons (Fsp3) is 0.105. The highest BCUT2D eigenvalue weighted by molar-refractivity contribution is 7.98. The highest BCUT2D eigenvalue weighted by Gasteiger charge is 2.30. The first-order chi connectivity index (χ1) is 11.3. The number of ether oxygens (including phenoxy) is 1. The Bertz CT molecular complexity index is 864. The molecule has 1 aliphatic heterocycles. The lowest BCUT2D eigenvalue weighted by molar-refractivity contribution is 0.0538. The standard InChI is InChI=1S/C19H14O2S2/c1-22-14-9-7-13(8-10-14)17-16(12-5-3-2-4-6-12)15-11-21-19(20)18(15)23-17/h2-10H,11H2,1H3. The van der Waals surface area contributed by atoms with E-state index in [1.165, 1.54) is 16.2 Å². The molecule has 3 aromatic rings. The van der Waals surface area contributed by atoms with Crippen LogP contribution in [0.25, 0.3) is 21.6 Å². The third-order valence-corrected chi connectivity index (χ3v) is 5.96. The van der Waals surface area contributed by atoms with E-state index in [0.717, 1.165) is 32.0 Å². The molecule has 0 spiro atoms. The fourth-order valence-corrected chi connectivity index (χ4v) is 4.46. The van der Waals surface area contributed by atoms with Crippen LogP contribution in [-0.4, -0.2) is 12.2 Å². The highest BCUT2D eigenvalue weighted by atomic mass is 32.2. The molecular weight excluding hydrogens is 324 g/mol. The molecule has 0 atom stereocenters. The first-order valence-corrected chi connectivity index (χ1v) is 9.34. The zero-order valence-electron chi connectivity index (χ0n) is 12.5. The number of hydrogen-bond acceptors (Lipinski definition) is 4. The Balaban J connectivity index is 1.92. The van der Waals surface area contributed by atoms with Crippen molar-refractivity contribution in [3.63, 3.8) is 0 Å². The van der Waals surface area contributed by atoms with Crippen molar-refractivity contribution in [1.82, 2.24) is 0 Å². The molecule has 0 aliphatic carbocycles. The molecule has 1 aliphatic rings. The Morgan fingerprint density at radius 3 is 2.39 bits per heavy atom. The summed E-state index contributed by atoms with van der Waals surface area (Å²) in [6.07, 6.45) is 2.07. The Labute approximate surface area is 143 Å². The molecule has 4 rings (SSSR count). The lowest BCUT2D eigenvalue weighted by Gasteiger charge is -2.08. The molecule has 0 bridgehead atoms. The Kier molecular flexibility index (Phi) is 3.71. The monoisotopic (exact) mass is 338 g/mol. The van der Waals surface area contributed by atoms with Crippen LogP contribution in [0.4, 0.5) is 0 Å². The van der Waals surface area contributed by atoms with Crippen LogP contribution < -0.4 is 0 Å². The molecule has 1 aromatic heterocycles. The number of thioether (sulfide) groups is 1. The zero-order chi connectivity index (χ0) is 15.8. The second-order valence-corrected chi connectivity index (χ2v) is 7.18. The van der Waals surface area contributed by atoms with Crippen LogP contribution in [0.5, 0.6) is 0 Å². The predicted octanol–water partition coefficient (Wildman–Crippen LogP) is 5.47. The number of hydrogen-bond donors (Lipinski definition) is 0. The number of cyclic esters (lactones) is 1. The number of carbonyl (C=O) groups is 1. The van der Waals surface area contributed by atoms with Gasteiger partial charge in [-0.3, -0.25) is 0 Å². The van der Waals surface area contributed by atoms with Crippen molar-refractivity contribution in [1.29, 1.82) is 0 Å². The van der Waals surface area contributed by atoms with Gasteiger partial charge in [0.15, 0.2) is 0 Å². The molecule has 23 heavy (non-hydrogen) atoms. The van der Waals surface area contributed by atoms with Gasteiger partial charge in [0.25, 0.3) is 0 Å². The van der Waals surface area contributed by atoms with Crippen molar-refractivity contribution in [2.45, 2.75) is 11.5 Å². The third kappa shape index (κ3) is 2.48. The third-order valence-electron chi connectivity index (χ3n) is 3.95. The van der Waals surface area contributed by atoms with Gasteiger partial charge in [0.05, 0.1) is 0 Å². The SMILES string of the molecule is CSc1ccc(-c2sc3c(c2-c2ccccc2)COC3=O)cc1. The molecule has 0 N–H and O–H groups in total. The van der Waals surface area contributed by atoms with Gasteiger partial charge in [0, 0.05) is 20.9 Å². The summed E-state index contributed by atoms with van der Waals surface area (Å²) < 4.78 is 5.22. The van der Waals surface area contributed by atoms with Gasteiger partial charge in [-0.2, -0.15) is 0 Å². The number of thiophene rings is 1. The lowest BCUT2D eigenvalue weighted by Crippen LogP contribution is -1.90. The van der Waals surface area contributed by atoms with Crippen molar-refractivity contribution in [2.75, 3.05) is 6.26 Å². The molecule has 0 radical (unpaired) electrons. The van der Waals surface area contributed by atoms with Crippen molar-refractivity contribution < 1.29 is 9.53 Å². The van der Waals surface area contributed by atoms with Crippen LogP contribution in [0.1, 0.15) is 15.2 Å². The van der Waals surface area contributed by atoms with Crippen LogP contribution in [0.15, 0.2) is 59.5 Å². The molecule has 2 aromatic carbocycles. The molecule has 0 saturated heterocycles. The van der Waals surface area contributed by atoms with E-state index < -0.39 is 0 Å². The van der Waals surface area contributed by atoms with Gasteiger partial charge in [-0.25, -0.2) is 4.79 Å². The minimum absolute atomic E-state index is 0.200. The number of carbonyl (C=O) groups excluding carboxylic acids is 1. The van der Waals surface area contributed by atoms with Gasteiger partial charge in [-0.1, -0.05) is 42.5 Å². The van der Waals surface area contributed by atoms with E-state index in [1.807, 2.05) is 18.2 Å². The van der Waals surface area contributed by atoms with E-state index in [0.29, 0.717) is 6.61 Å². The summed E-state index contributed by atoms with van der Waals surface area (Å²) in [7, 11) is 0. The number of rotatable bonds is 3. The molecule has 0 unspecified atom stereocenters. The Morgan fingerprint density at radius 2 is 1.70 bits per heavy atom. The summed E-state index contributed by atoms with van der Waals surface area (Å²) in [6, 6.07) is 18.7. The molecule has 4 heteroatoms. The number of esters is 1. The van der Waals surface area contributed by atoms with E-state index in [4.69, 9.17) is 4.74 Å². The maximum Gasteiger partial charge on any atom is 0.349 e. The van der Waals surface area contributed by atoms with Crippen LogP contribution in [0, 0.1) is 0 Å². The average Bonchev–Trinajstić information content (AvgIpc) is 3.16. The highest BCUT2D eigenvalue weighted by Crippen LogP contribution is 2.46. The Hall–Kier alpha value is -2.04. The van der Waals surface area contributed by atoms with Crippen molar-refractivity contribution in [2.24, 2.45) is 0 Å². The maximum absolute atomic E-state index is 12.0. The molecule has 0 fully saturated rings. The predicted molar refractivity (Wildman–Crippen MR) is 96.1 cm³/mol. The van der Waals surface area contributed by atoms with Gasteiger partial charge in [0.2, 0.25) is 0 Å². The summed E-state index contributed by atoms with van der Waals surface area (Å²) in [4.78, 5) is 15.1. The van der Waals surface area contributed by atoms with Crippen molar-refractivity contribution >= 4 is 29.1 Å². The first kappa shape index (κ1) is 14.5. The van der Waals surface area contributed by atoms with Crippen LogP contribution in [0.3, 0.4) is 0 Å². The largest absolute Gasteiger partial charge is 0.457 e. The first-order valence-electron chi connectivity index (χ1n) is 7.30. The molecule has 2 nitrogen and oxygen atoms in total. The van der Waals surface area contributed by atoms with E-state index in [9.17, 15) is 4.79 Å². The molecule has 2 heterocycles. The van der Waals surface area contributed by atoms with Gasteiger partial charge in [0.1, 0.15) is 11.5 Å². The van der Waals surface area contributed by atoms with E-state index in [1.54, 1.807) is 11.8 Å². The summed E-state index contributed by atoms with van der Waals surface area (Å²) >= 11 is 3.26. The normalized spacial score (nSPS) is 13.0. The Morgan fingerprint density at radius 1 is 0.957 bits per heavy atom. The van der Waals surface area contributed by atoms with Gasteiger partial charge >= 0.3 is 5.97 Å². The lowest BCUT2D eigenvalue weighted by atomic mass is 9.98. The number of benzene rings is 2. The number of fused-ring (bicyclic) bond motifs is 1. The molecule has 0 amide bonds. The molecule has 114 valence electrons. The molecular formula is C19H14O2S2. The van der Waals surface area contributed by atoms with Crippen molar-refractivity contribution in [3.05, 3.63) is 65.0 Å².